The van der Waals surface area contributed by atoms with Crippen molar-refractivity contribution in [2.45, 2.75) is 20.8 Å². The van der Waals surface area contributed by atoms with Crippen molar-refractivity contribution in [1.29, 1.82) is 0 Å². The van der Waals surface area contributed by atoms with Crippen molar-refractivity contribution in [3.8, 4) is 0 Å². The zero-order valence-corrected chi connectivity index (χ0v) is 5.15. The fraction of sp³-hybridized carbons (Fsp3) is 0.429. The fourth-order valence-electron chi connectivity index (χ4n) is 0.250. The van der Waals surface area contributed by atoms with Crippen molar-refractivity contribution >= 4 is 0 Å². The van der Waals surface area contributed by atoms with Gasteiger partial charge in [0.2, 0.25) is 0 Å². The summed E-state index contributed by atoms with van der Waals surface area (Å²) in [5, 5.41) is 0. The van der Waals surface area contributed by atoms with Gasteiger partial charge in [-0.25, -0.2) is 0 Å². The smallest absolute Gasteiger partial charge is 0.0202 e. The molecule has 0 saturated carbocycles. The summed E-state index contributed by atoms with van der Waals surface area (Å²) in [5.74, 6) is 0. The Kier molecular flexibility index (Phi) is 3.39. The number of rotatable bonds is 1. The van der Waals surface area contributed by atoms with Crippen molar-refractivity contribution in [2.75, 3.05) is 0 Å². The lowest BCUT2D eigenvalue weighted by atomic mass is 10.3. The van der Waals surface area contributed by atoms with E-state index < -0.39 is 0 Å². The van der Waals surface area contributed by atoms with Crippen molar-refractivity contribution in [3.63, 3.8) is 0 Å². The molecule has 0 aromatic heterocycles. The Morgan fingerprint density at radius 1 is 1.43 bits per heavy atom. The van der Waals surface area contributed by atoms with Gasteiger partial charge in [-0.1, -0.05) is 17.7 Å². The number of hydrogen-bond donors (Lipinski definition) is 0. The highest BCUT2D eigenvalue weighted by Crippen LogP contribution is 1.85. The highest BCUT2D eigenvalue weighted by atomic mass is 13.7. The molecule has 0 N–H and O–H groups in total. The van der Waals surface area contributed by atoms with E-state index >= 15 is 0 Å². The molecule has 0 fully saturated rings. The lowest BCUT2D eigenvalue weighted by molar-refractivity contribution is 1.37. The van der Waals surface area contributed by atoms with Crippen LogP contribution in [0.2, 0.25) is 0 Å². The van der Waals surface area contributed by atoms with Gasteiger partial charge in [-0.15, -0.1) is 0 Å². The Hall–Kier alpha value is -0.520. The molecule has 0 aliphatic carbocycles. The molecule has 0 heterocycles. The van der Waals surface area contributed by atoms with E-state index in [4.69, 9.17) is 0 Å². The Bertz CT molecular complexity index is 82.2. The molecule has 0 aromatic carbocycles. The van der Waals surface area contributed by atoms with Crippen LogP contribution >= 0.6 is 0 Å². The van der Waals surface area contributed by atoms with Gasteiger partial charge in [-0.2, -0.15) is 0 Å². The normalized spacial score (nSPS) is 9.57. The Morgan fingerprint density at radius 2 is 2.00 bits per heavy atom. The molecule has 0 bridgehead atoms. The third kappa shape index (κ3) is 5.48. The Labute approximate surface area is 45.5 Å². The molecule has 0 heteroatoms. The molecular weight excluding hydrogens is 84.1 g/mol. The predicted octanol–water partition coefficient (Wildman–Crippen LogP) is 2.33. The summed E-state index contributed by atoms with van der Waals surface area (Å²) in [6.07, 6.45) is 6.91. The fourth-order valence-corrected chi connectivity index (χ4v) is 0.250. The van der Waals surface area contributed by atoms with Gasteiger partial charge >= 0.3 is 0 Å². The SMILES string of the molecule is CC=C[C]=C(C)C. The second-order valence-corrected chi connectivity index (χ2v) is 1.64. The van der Waals surface area contributed by atoms with E-state index in [2.05, 4.69) is 6.08 Å². The first-order chi connectivity index (χ1) is 3.27. The number of allylic oxidation sites excluding steroid dienone is 4. The summed E-state index contributed by atoms with van der Waals surface area (Å²) in [4.78, 5) is 0. The van der Waals surface area contributed by atoms with Crippen molar-refractivity contribution < 1.29 is 0 Å². The minimum Gasteiger partial charge on any atom is -0.0870 e. The lowest BCUT2D eigenvalue weighted by Gasteiger charge is -1.76. The highest BCUT2D eigenvalue weighted by molar-refractivity contribution is 4.99. The molecule has 0 saturated heterocycles. The molecule has 0 aromatic rings. The maximum Gasteiger partial charge on any atom is -0.0202 e. The van der Waals surface area contributed by atoms with Crippen LogP contribution in [0.15, 0.2) is 17.7 Å². The molecule has 0 aliphatic heterocycles. The monoisotopic (exact) mass is 95.1 g/mol. The maximum absolute atomic E-state index is 3.03. The molecule has 0 amide bonds. The molecule has 39 valence electrons. The molecule has 0 unspecified atom stereocenters. The minimum atomic E-state index is 1.22. The number of hydrogen-bond acceptors (Lipinski definition) is 0. The molecule has 0 rings (SSSR count). The van der Waals surface area contributed by atoms with Crippen LogP contribution in [-0.2, 0) is 0 Å². The van der Waals surface area contributed by atoms with Gasteiger partial charge < -0.3 is 0 Å². The third-order valence-corrected chi connectivity index (χ3v) is 0.539. The van der Waals surface area contributed by atoms with Crippen molar-refractivity contribution in [2.24, 2.45) is 0 Å². The van der Waals surface area contributed by atoms with E-state index in [1.165, 1.54) is 5.57 Å². The van der Waals surface area contributed by atoms with Crippen LogP contribution in [0.3, 0.4) is 0 Å². The molecule has 7 heavy (non-hydrogen) atoms. The van der Waals surface area contributed by atoms with Gasteiger partial charge in [-0.3, -0.25) is 0 Å². The summed E-state index contributed by atoms with van der Waals surface area (Å²) in [6.45, 7) is 6.04. The average Bonchev–Trinajstić information content (AvgIpc) is 1.61. The van der Waals surface area contributed by atoms with Crippen LogP contribution < -0.4 is 0 Å². The summed E-state index contributed by atoms with van der Waals surface area (Å²) in [6, 6.07) is 0. The van der Waals surface area contributed by atoms with Crippen LogP contribution in [0.25, 0.3) is 0 Å². The van der Waals surface area contributed by atoms with Gasteiger partial charge in [-0.05, 0) is 26.8 Å². The largest absolute Gasteiger partial charge is 0.0870 e. The van der Waals surface area contributed by atoms with Crippen LogP contribution in [-0.4, -0.2) is 0 Å². The summed E-state index contributed by atoms with van der Waals surface area (Å²) >= 11 is 0. The zero-order chi connectivity index (χ0) is 5.70. The zero-order valence-electron chi connectivity index (χ0n) is 5.15. The van der Waals surface area contributed by atoms with Crippen molar-refractivity contribution in [3.05, 3.63) is 23.8 Å². The molecule has 0 atom stereocenters. The molecule has 0 aliphatic rings. The van der Waals surface area contributed by atoms with E-state index in [0.717, 1.165) is 0 Å². The highest BCUT2D eigenvalue weighted by Gasteiger charge is 1.66. The van der Waals surface area contributed by atoms with E-state index in [-0.39, 0.29) is 0 Å². The molecule has 1 radical (unpaired) electrons. The summed E-state index contributed by atoms with van der Waals surface area (Å²) < 4.78 is 0. The first kappa shape index (κ1) is 6.48. The molecule has 0 spiro atoms. The predicted molar refractivity (Wildman–Crippen MR) is 32.9 cm³/mol. The van der Waals surface area contributed by atoms with Gasteiger partial charge in [0.25, 0.3) is 0 Å². The Morgan fingerprint density at radius 3 is 2.14 bits per heavy atom. The van der Waals surface area contributed by atoms with E-state index in [9.17, 15) is 0 Å². The molecular formula is C7H11. The van der Waals surface area contributed by atoms with Crippen LogP contribution in [0.5, 0.6) is 0 Å². The van der Waals surface area contributed by atoms with Crippen LogP contribution in [0, 0.1) is 6.08 Å². The van der Waals surface area contributed by atoms with Crippen LogP contribution in [0.4, 0.5) is 0 Å². The van der Waals surface area contributed by atoms with Gasteiger partial charge in [0.15, 0.2) is 0 Å². The second kappa shape index (κ2) is 3.66. The van der Waals surface area contributed by atoms with Gasteiger partial charge in [0.05, 0.1) is 0 Å². The average molecular weight is 95.2 g/mol. The first-order valence-electron chi connectivity index (χ1n) is 2.45. The van der Waals surface area contributed by atoms with Gasteiger partial charge in [0.1, 0.15) is 0 Å². The minimum absolute atomic E-state index is 1.22. The first-order valence-corrected chi connectivity index (χ1v) is 2.45. The second-order valence-electron chi connectivity index (χ2n) is 1.64. The Balaban J connectivity index is 3.46. The summed E-state index contributed by atoms with van der Waals surface area (Å²) in [7, 11) is 0. The topological polar surface area (TPSA) is 0 Å². The van der Waals surface area contributed by atoms with Crippen LogP contribution in [0.1, 0.15) is 20.8 Å². The van der Waals surface area contributed by atoms with E-state index in [1.54, 1.807) is 0 Å². The molecule has 0 nitrogen and oxygen atoms in total. The quantitative estimate of drug-likeness (QED) is 0.438. The standard InChI is InChI=1S/C7H11/c1-4-5-6-7(2)3/h4-5H,1-3H3. The lowest BCUT2D eigenvalue weighted by Crippen LogP contribution is -1.57. The maximum atomic E-state index is 3.03. The third-order valence-electron chi connectivity index (χ3n) is 0.539. The van der Waals surface area contributed by atoms with Crippen molar-refractivity contribution in [1.82, 2.24) is 0 Å². The van der Waals surface area contributed by atoms with E-state index in [0.29, 0.717) is 0 Å². The van der Waals surface area contributed by atoms with Gasteiger partial charge in [0, 0.05) is 0 Å². The van der Waals surface area contributed by atoms with E-state index in [1.807, 2.05) is 32.9 Å². The summed E-state index contributed by atoms with van der Waals surface area (Å²) in [5.41, 5.74) is 1.22.